The lowest BCUT2D eigenvalue weighted by molar-refractivity contribution is -0.143. The predicted octanol–water partition coefficient (Wildman–Crippen LogP) is 1.39. The number of aliphatic carboxylic acids is 1. The van der Waals surface area contributed by atoms with E-state index in [4.69, 9.17) is 5.11 Å². The van der Waals surface area contributed by atoms with Crippen molar-refractivity contribution in [2.24, 2.45) is 5.92 Å². The van der Waals surface area contributed by atoms with E-state index in [1.807, 2.05) is 0 Å². The summed E-state index contributed by atoms with van der Waals surface area (Å²) in [5, 5.41) is 9.12. The minimum Gasteiger partial charge on any atom is -0.481 e. The van der Waals surface area contributed by atoms with Crippen molar-refractivity contribution in [2.45, 2.75) is 39.2 Å². The smallest absolute Gasteiger partial charge is 0.308 e. The Kier molecular flexibility index (Phi) is 5.34. The van der Waals surface area contributed by atoms with Crippen molar-refractivity contribution < 1.29 is 14.7 Å². The Labute approximate surface area is 156 Å². The highest BCUT2D eigenvalue weighted by atomic mass is 16.4. The van der Waals surface area contributed by atoms with Gasteiger partial charge in [0.1, 0.15) is 5.82 Å². The number of hydrogen-bond donors (Lipinski definition) is 2. The van der Waals surface area contributed by atoms with Crippen molar-refractivity contribution in [3.05, 3.63) is 46.1 Å². The maximum atomic E-state index is 12.8. The Bertz CT molecular complexity index is 906. The van der Waals surface area contributed by atoms with Crippen molar-refractivity contribution in [3.63, 3.8) is 0 Å². The van der Waals surface area contributed by atoms with Gasteiger partial charge in [0.15, 0.2) is 0 Å². The molecule has 142 valence electrons. The van der Waals surface area contributed by atoms with Crippen molar-refractivity contribution in [3.8, 4) is 11.4 Å². The largest absolute Gasteiger partial charge is 0.481 e. The summed E-state index contributed by atoms with van der Waals surface area (Å²) < 4.78 is 0. The normalized spacial score (nSPS) is 14.6. The maximum Gasteiger partial charge on any atom is 0.308 e. The fourth-order valence-electron chi connectivity index (χ4n) is 2.92. The van der Waals surface area contributed by atoms with Crippen molar-refractivity contribution in [1.29, 1.82) is 0 Å². The van der Waals surface area contributed by atoms with Gasteiger partial charge in [-0.2, -0.15) is 0 Å². The third kappa shape index (κ3) is 4.39. The molecule has 1 unspecified atom stereocenters. The van der Waals surface area contributed by atoms with E-state index in [9.17, 15) is 14.4 Å². The van der Waals surface area contributed by atoms with Crippen LogP contribution in [0.2, 0.25) is 0 Å². The molecule has 0 spiro atoms. The summed E-state index contributed by atoms with van der Waals surface area (Å²) in [5.74, 6) is -1.43. The van der Waals surface area contributed by atoms with Crippen LogP contribution in [-0.4, -0.2) is 49.4 Å². The number of aromatic amines is 1. The molecule has 0 radical (unpaired) electrons. The number of rotatable bonds is 7. The van der Waals surface area contributed by atoms with Crippen molar-refractivity contribution in [1.82, 2.24) is 19.9 Å². The third-order valence-corrected chi connectivity index (χ3v) is 4.69. The summed E-state index contributed by atoms with van der Waals surface area (Å²) in [6, 6.07) is 3.61. The van der Waals surface area contributed by atoms with Gasteiger partial charge in [0, 0.05) is 41.8 Å². The van der Waals surface area contributed by atoms with E-state index in [2.05, 4.69) is 15.0 Å². The van der Waals surface area contributed by atoms with E-state index < -0.39 is 11.9 Å². The quantitative estimate of drug-likeness (QED) is 0.761. The van der Waals surface area contributed by atoms with Crippen LogP contribution in [0.1, 0.15) is 31.0 Å². The molecule has 0 aliphatic heterocycles. The van der Waals surface area contributed by atoms with E-state index in [1.54, 1.807) is 43.3 Å². The number of carboxylic acid groups (broad SMARTS) is 1. The number of carbonyl (C=O) groups excluding carboxylic acids is 1. The zero-order valence-electron chi connectivity index (χ0n) is 15.3. The molecule has 27 heavy (non-hydrogen) atoms. The van der Waals surface area contributed by atoms with E-state index in [-0.39, 0.29) is 30.5 Å². The highest BCUT2D eigenvalue weighted by Crippen LogP contribution is 2.28. The van der Waals surface area contributed by atoms with Crippen LogP contribution in [0.3, 0.4) is 0 Å². The second-order valence-electron chi connectivity index (χ2n) is 6.91. The SMILES string of the molecule is Cc1nc(-c2cccnc2)[nH]c(=O)c1CC(=O)N(CC(C)C(=O)O)C1CC1. The molecule has 1 aliphatic carbocycles. The number of carbonyl (C=O) groups is 2. The lowest BCUT2D eigenvalue weighted by Gasteiger charge is -2.24. The number of hydrogen-bond acceptors (Lipinski definition) is 5. The average Bonchev–Trinajstić information content (AvgIpc) is 3.47. The minimum absolute atomic E-state index is 0.0707. The molecule has 1 atom stereocenters. The highest BCUT2D eigenvalue weighted by molar-refractivity contribution is 5.80. The second-order valence-corrected chi connectivity index (χ2v) is 6.91. The van der Waals surface area contributed by atoms with E-state index in [0.717, 1.165) is 12.8 Å². The average molecular weight is 370 g/mol. The number of carboxylic acids is 1. The number of aryl methyl sites for hydroxylation is 1. The molecular formula is C19H22N4O4. The zero-order chi connectivity index (χ0) is 19.6. The van der Waals surface area contributed by atoms with E-state index in [0.29, 0.717) is 22.6 Å². The summed E-state index contributed by atoms with van der Waals surface area (Å²) in [4.78, 5) is 49.1. The first-order valence-corrected chi connectivity index (χ1v) is 8.89. The molecule has 0 aromatic carbocycles. The Hall–Kier alpha value is -3.03. The van der Waals surface area contributed by atoms with E-state index in [1.165, 1.54) is 0 Å². The molecule has 2 N–H and O–H groups in total. The van der Waals surface area contributed by atoms with Crippen LogP contribution in [0.25, 0.3) is 11.4 Å². The van der Waals surface area contributed by atoms with Gasteiger partial charge in [-0.1, -0.05) is 6.92 Å². The maximum absolute atomic E-state index is 12.8. The van der Waals surface area contributed by atoms with Gasteiger partial charge in [-0.25, -0.2) is 4.98 Å². The van der Waals surface area contributed by atoms with E-state index >= 15 is 0 Å². The van der Waals surface area contributed by atoms with Crippen LogP contribution in [0.15, 0.2) is 29.3 Å². The Morgan fingerprint density at radius 2 is 2.15 bits per heavy atom. The zero-order valence-corrected chi connectivity index (χ0v) is 15.3. The predicted molar refractivity (Wildman–Crippen MR) is 98.1 cm³/mol. The molecule has 1 amide bonds. The number of H-pyrrole nitrogens is 1. The van der Waals surface area contributed by atoms with Gasteiger partial charge >= 0.3 is 5.97 Å². The lowest BCUT2D eigenvalue weighted by atomic mass is 10.1. The van der Waals surface area contributed by atoms with Crippen LogP contribution in [0.5, 0.6) is 0 Å². The highest BCUT2D eigenvalue weighted by Gasteiger charge is 2.34. The summed E-state index contributed by atoms with van der Waals surface area (Å²) in [6.45, 7) is 3.42. The van der Waals surface area contributed by atoms with Crippen molar-refractivity contribution in [2.75, 3.05) is 6.54 Å². The molecule has 1 fully saturated rings. The fourth-order valence-corrected chi connectivity index (χ4v) is 2.92. The van der Waals surface area contributed by atoms with Gasteiger partial charge in [0.25, 0.3) is 5.56 Å². The van der Waals surface area contributed by atoms with Crippen LogP contribution < -0.4 is 5.56 Å². The van der Waals surface area contributed by atoms with Gasteiger partial charge in [0.05, 0.1) is 12.3 Å². The van der Waals surface area contributed by atoms with Gasteiger partial charge < -0.3 is 15.0 Å². The monoisotopic (exact) mass is 370 g/mol. The molecule has 0 bridgehead atoms. The summed E-state index contributed by atoms with van der Waals surface area (Å²) in [7, 11) is 0. The minimum atomic E-state index is -0.940. The molecule has 2 aromatic rings. The number of aromatic nitrogens is 3. The Balaban J connectivity index is 1.81. The first-order chi connectivity index (χ1) is 12.9. The van der Waals surface area contributed by atoms with Crippen molar-refractivity contribution >= 4 is 11.9 Å². The number of nitrogens with zero attached hydrogens (tertiary/aromatic N) is 3. The molecule has 1 saturated carbocycles. The van der Waals surface area contributed by atoms with Crippen LogP contribution in [-0.2, 0) is 16.0 Å². The van der Waals surface area contributed by atoms with Crippen LogP contribution in [0, 0.1) is 12.8 Å². The molecule has 0 saturated heterocycles. The summed E-state index contributed by atoms with van der Waals surface area (Å²) in [5.41, 5.74) is 1.11. The summed E-state index contributed by atoms with van der Waals surface area (Å²) >= 11 is 0. The van der Waals surface area contributed by atoms with Crippen LogP contribution >= 0.6 is 0 Å². The molecule has 2 heterocycles. The van der Waals surface area contributed by atoms with Crippen LogP contribution in [0.4, 0.5) is 0 Å². The number of nitrogens with one attached hydrogen (secondary N) is 1. The molecule has 8 heteroatoms. The van der Waals surface area contributed by atoms with Gasteiger partial charge in [-0.05, 0) is 31.9 Å². The first-order valence-electron chi connectivity index (χ1n) is 8.89. The molecule has 3 rings (SSSR count). The number of pyridine rings is 1. The number of amides is 1. The van der Waals surface area contributed by atoms with Gasteiger partial charge in [-0.3, -0.25) is 19.4 Å². The fraction of sp³-hybridized carbons (Fsp3) is 0.421. The Morgan fingerprint density at radius 3 is 2.70 bits per heavy atom. The third-order valence-electron chi connectivity index (χ3n) is 4.69. The molecule has 2 aromatic heterocycles. The molecule has 1 aliphatic rings. The molecule has 8 nitrogen and oxygen atoms in total. The lowest BCUT2D eigenvalue weighted by Crippen LogP contribution is -2.40. The van der Waals surface area contributed by atoms with Gasteiger partial charge in [0.2, 0.25) is 5.91 Å². The topological polar surface area (TPSA) is 116 Å². The van der Waals surface area contributed by atoms with Gasteiger partial charge in [-0.15, -0.1) is 0 Å². The second kappa shape index (κ2) is 7.69. The molecular weight excluding hydrogens is 348 g/mol. The Morgan fingerprint density at radius 1 is 1.41 bits per heavy atom. The summed E-state index contributed by atoms with van der Waals surface area (Å²) in [6.07, 6.45) is 4.87. The first kappa shape index (κ1) is 18.8. The standard InChI is InChI=1S/C19H22N4O4/c1-11(19(26)27)10-23(14-5-6-14)16(24)8-15-12(2)21-17(22-18(15)25)13-4-3-7-20-9-13/h3-4,7,9,11,14H,5-6,8,10H2,1-2H3,(H,26,27)(H,21,22,25).